The zero-order valence-electron chi connectivity index (χ0n) is 6.09. The Hall–Kier alpha value is -0.480. The van der Waals surface area contributed by atoms with Crippen LogP contribution in [0.15, 0.2) is 0 Å². The molecule has 1 unspecified atom stereocenters. The third-order valence-corrected chi connectivity index (χ3v) is 1.10. The average molecular weight is 126 g/mol. The predicted octanol–water partition coefficient (Wildman–Crippen LogP) is 1.42. The number of aliphatic hydroxyl groups is 1. The molecule has 0 saturated carbocycles. The van der Waals surface area contributed by atoms with Gasteiger partial charge in [0.2, 0.25) is 0 Å². The van der Waals surface area contributed by atoms with E-state index in [0.717, 1.165) is 6.42 Å². The molecule has 1 heteroatoms. The first-order valence-electron chi connectivity index (χ1n) is 3.28. The minimum atomic E-state index is -0.296. The average Bonchev–Trinajstić information content (AvgIpc) is 1.63. The Labute approximate surface area is 57.1 Å². The third kappa shape index (κ3) is 5.39. The van der Waals surface area contributed by atoms with Gasteiger partial charge in [0, 0.05) is 6.42 Å². The lowest BCUT2D eigenvalue weighted by molar-refractivity contribution is 0.154. The van der Waals surface area contributed by atoms with Gasteiger partial charge < -0.3 is 5.11 Å². The zero-order chi connectivity index (χ0) is 7.28. The Kier molecular flexibility index (Phi) is 4.17. The molecule has 0 fully saturated rings. The van der Waals surface area contributed by atoms with E-state index in [-0.39, 0.29) is 6.10 Å². The molecule has 0 aromatic heterocycles. The molecule has 9 heavy (non-hydrogen) atoms. The van der Waals surface area contributed by atoms with Gasteiger partial charge in [0.05, 0.1) is 6.10 Å². The van der Waals surface area contributed by atoms with Gasteiger partial charge in [-0.2, -0.15) is 0 Å². The van der Waals surface area contributed by atoms with Crippen LogP contribution in [0.25, 0.3) is 0 Å². The second kappa shape index (κ2) is 4.40. The van der Waals surface area contributed by atoms with Crippen molar-refractivity contribution in [3.8, 4) is 12.3 Å². The van der Waals surface area contributed by atoms with Crippen LogP contribution >= 0.6 is 0 Å². The molecule has 0 aliphatic carbocycles. The molecule has 0 aromatic carbocycles. The van der Waals surface area contributed by atoms with Crippen LogP contribution < -0.4 is 0 Å². The number of terminal acetylenes is 1. The SMILES string of the molecule is C#CCC(O)CC(C)C. The van der Waals surface area contributed by atoms with E-state index < -0.39 is 0 Å². The van der Waals surface area contributed by atoms with E-state index in [1.807, 2.05) is 0 Å². The summed E-state index contributed by atoms with van der Waals surface area (Å²) < 4.78 is 0. The van der Waals surface area contributed by atoms with Crippen LogP contribution in [0.4, 0.5) is 0 Å². The highest BCUT2D eigenvalue weighted by Crippen LogP contribution is 2.05. The van der Waals surface area contributed by atoms with Crippen molar-refractivity contribution in [1.82, 2.24) is 0 Å². The Morgan fingerprint density at radius 1 is 1.56 bits per heavy atom. The number of hydrogen-bond acceptors (Lipinski definition) is 1. The molecule has 0 aliphatic rings. The summed E-state index contributed by atoms with van der Waals surface area (Å²) in [5, 5.41) is 9.08. The monoisotopic (exact) mass is 126 g/mol. The van der Waals surface area contributed by atoms with Crippen molar-refractivity contribution < 1.29 is 5.11 Å². The molecule has 1 nitrogen and oxygen atoms in total. The Morgan fingerprint density at radius 3 is 2.44 bits per heavy atom. The minimum Gasteiger partial charge on any atom is -0.392 e. The second-order valence-electron chi connectivity index (χ2n) is 2.69. The minimum absolute atomic E-state index is 0.296. The lowest BCUT2D eigenvalue weighted by atomic mass is 10.0. The molecule has 0 bridgehead atoms. The molecule has 1 atom stereocenters. The maximum atomic E-state index is 9.08. The van der Waals surface area contributed by atoms with Crippen molar-refractivity contribution in [2.24, 2.45) is 5.92 Å². The fourth-order valence-corrected chi connectivity index (χ4v) is 0.764. The molecule has 0 spiro atoms. The third-order valence-electron chi connectivity index (χ3n) is 1.10. The smallest absolute Gasteiger partial charge is 0.0651 e. The van der Waals surface area contributed by atoms with Gasteiger partial charge >= 0.3 is 0 Å². The molecule has 0 rings (SSSR count). The van der Waals surface area contributed by atoms with E-state index in [9.17, 15) is 0 Å². The summed E-state index contributed by atoms with van der Waals surface area (Å²) in [6.07, 6.45) is 5.99. The highest BCUT2D eigenvalue weighted by molar-refractivity contribution is 4.86. The van der Waals surface area contributed by atoms with Gasteiger partial charge in [0.25, 0.3) is 0 Å². The summed E-state index contributed by atoms with van der Waals surface area (Å²) in [6.45, 7) is 4.14. The summed E-state index contributed by atoms with van der Waals surface area (Å²) in [7, 11) is 0. The van der Waals surface area contributed by atoms with E-state index in [4.69, 9.17) is 11.5 Å². The van der Waals surface area contributed by atoms with E-state index in [1.165, 1.54) is 0 Å². The maximum absolute atomic E-state index is 9.08. The largest absolute Gasteiger partial charge is 0.392 e. The van der Waals surface area contributed by atoms with Gasteiger partial charge in [-0.3, -0.25) is 0 Å². The zero-order valence-corrected chi connectivity index (χ0v) is 6.09. The molecule has 0 radical (unpaired) electrons. The lowest BCUT2D eigenvalue weighted by Gasteiger charge is -2.08. The first-order valence-corrected chi connectivity index (χ1v) is 3.28. The van der Waals surface area contributed by atoms with E-state index in [2.05, 4.69) is 19.8 Å². The molecular formula is C8H14O. The quantitative estimate of drug-likeness (QED) is 0.567. The van der Waals surface area contributed by atoms with Gasteiger partial charge in [-0.25, -0.2) is 0 Å². The van der Waals surface area contributed by atoms with Crippen molar-refractivity contribution in [2.45, 2.75) is 32.8 Å². The molecule has 1 N–H and O–H groups in total. The molecule has 0 aliphatic heterocycles. The first kappa shape index (κ1) is 8.52. The van der Waals surface area contributed by atoms with Crippen molar-refractivity contribution in [2.75, 3.05) is 0 Å². The van der Waals surface area contributed by atoms with E-state index >= 15 is 0 Å². The van der Waals surface area contributed by atoms with Gasteiger partial charge in [-0.05, 0) is 12.3 Å². The Balaban J connectivity index is 3.29. The fraction of sp³-hybridized carbons (Fsp3) is 0.750. The normalized spacial score (nSPS) is 13.2. The van der Waals surface area contributed by atoms with Gasteiger partial charge in [-0.15, -0.1) is 12.3 Å². The fourth-order valence-electron chi connectivity index (χ4n) is 0.764. The molecule has 52 valence electrons. The predicted molar refractivity (Wildman–Crippen MR) is 38.9 cm³/mol. The van der Waals surface area contributed by atoms with Crippen molar-refractivity contribution >= 4 is 0 Å². The topological polar surface area (TPSA) is 20.2 Å². The highest BCUT2D eigenvalue weighted by Gasteiger charge is 2.03. The standard InChI is InChI=1S/C8H14O/c1-4-5-8(9)6-7(2)3/h1,7-9H,5-6H2,2-3H3. The van der Waals surface area contributed by atoms with Gasteiger partial charge in [0.1, 0.15) is 0 Å². The molecule has 0 amide bonds. The van der Waals surface area contributed by atoms with E-state index in [1.54, 1.807) is 0 Å². The summed E-state index contributed by atoms with van der Waals surface area (Å²) >= 11 is 0. The van der Waals surface area contributed by atoms with Crippen LogP contribution in [0.1, 0.15) is 26.7 Å². The summed E-state index contributed by atoms with van der Waals surface area (Å²) in [6, 6.07) is 0. The molecule has 0 saturated heterocycles. The van der Waals surface area contributed by atoms with Crippen molar-refractivity contribution in [3.63, 3.8) is 0 Å². The van der Waals surface area contributed by atoms with Crippen LogP contribution in [-0.2, 0) is 0 Å². The van der Waals surface area contributed by atoms with E-state index in [0.29, 0.717) is 12.3 Å². The van der Waals surface area contributed by atoms with Crippen molar-refractivity contribution in [1.29, 1.82) is 0 Å². The van der Waals surface area contributed by atoms with Crippen LogP contribution in [-0.4, -0.2) is 11.2 Å². The number of rotatable bonds is 3. The second-order valence-corrected chi connectivity index (χ2v) is 2.69. The highest BCUT2D eigenvalue weighted by atomic mass is 16.3. The maximum Gasteiger partial charge on any atom is 0.0651 e. The Morgan fingerprint density at radius 2 is 2.11 bits per heavy atom. The first-order chi connectivity index (χ1) is 4.16. The molecule has 0 aromatic rings. The summed E-state index contributed by atoms with van der Waals surface area (Å²) in [5.41, 5.74) is 0. The van der Waals surface area contributed by atoms with Crippen LogP contribution in [0, 0.1) is 18.3 Å². The molecule has 0 heterocycles. The summed E-state index contributed by atoms with van der Waals surface area (Å²) in [5.74, 6) is 2.96. The van der Waals surface area contributed by atoms with Crippen LogP contribution in [0.2, 0.25) is 0 Å². The number of hydrogen-bond donors (Lipinski definition) is 1. The van der Waals surface area contributed by atoms with Gasteiger partial charge in [0.15, 0.2) is 0 Å². The lowest BCUT2D eigenvalue weighted by Crippen LogP contribution is -2.08. The summed E-state index contributed by atoms with van der Waals surface area (Å²) in [4.78, 5) is 0. The molecular weight excluding hydrogens is 112 g/mol. The van der Waals surface area contributed by atoms with Crippen molar-refractivity contribution in [3.05, 3.63) is 0 Å². The van der Waals surface area contributed by atoms with Gasteiger partial charge in [-0.1, -0.05) is 13.8 Å². The van der Waals surface area contributed by atoms with Crippen LogP contribution in [0.5, 0.6) is 0 Å². The number of aliphatic hydroxyl groups excluding tert-OH is 1. The Bertz CT molecular complexity index is 99.6. The van der Waals surface area contributed by atoms with Crippen LogP contribution in [0.3, 0.4) is 0 Å².